The van der Waals surface area contributed by atoms with Crippen molar-refractivity contribution in [2.24, 2.45) is 0 Å². The van der Waals surface area contributed by atoms with Gasteiger partial charge in [0, 0.05) is 22.8 Å². The van der Waals surface area contributed by atoms with Crippen molar-refractivity contribution < 1.29 is 9.32 Å². The molecule has 122 valence electrons. The van der Waals surface area contributed by atoms with Gasteiger partial charge in [-0.15, -0.1) is 0 Å². The second-order valence-electron chi connectivity index (χ2n) is 4.96. The Hall–Kier alpha value is -2.57. The number of anilines is 3. The Bertz CT molecular complexity index is 895. The lowest BCUT2D eigenvalue weighted by Crippen LogP contribution is -2.12. The summed E-state index contributed by atoms with van der Waals surface area (Å²) in [6.45, 7) is 1.74. The van der Waals surface area contributed by atoms with Crippen LogP contribution in [0.3, 0.4) is 0 Å². The van der Waals surface area contributed by atoms with E-state index in [1.54, 1.807) is 43.3 Å². The van der Waals surface area contributed by atoms with Crippen LogP contribution in [0.2, 0.25) is 10.0 Å². The minimum Gasteiger partial charge on any atom is -0.360 e. The first kappa shape index (κ1) is 16.3. The molecule has 1 amide bonds. The van der Waals surface area contributed by atoms with Gasteiger partial charge in [-0.1, -0.05) is 28.4 Å². The summed E-state index contributed by atoms with van der Waals surface area (Å²) < 4.78 is 4.91. The van der Waals surface area contributed by atoms with Crippen molar-refractivity contribution in [2.45, 2.75) is 6.92 Å². The first-order valence-corrected chi connectivity index (χ1v) is 7.69. The minimum absolute atomic E-state index is 0.323. The molecule has 0 spiro atoms. The van der Waals surface area contributed by atoms with Gasteiger partial charge in [0.25, 0.3) is 5.91 Å². The summed E-state index contributed by atoms with van der Waals surface area (Å²) in [5.74, 6) is 1.11. The molecule has 8 heteroatoms. The van der Waals surface area contributed by atoms with Crippen molar-refractivity contribution in [1.82, 2.24) is 10.1 Å². The third kappa shape index (κ3) is 3.84. The number of aryl methyl sites for hydroxylation is 1. The quantitative estimate of drug-likeness (QED) is 0.704. The molecule has 0 unspecified atom stereocenters. The Morgan fingerprint density at radius 2 is 1.96 bits per heavy atom. The maximum Gasteiger partial charge on any atom is 0.257 e. The summed E-state index contributed by atoms with van der Waals surface area (Å²) in [6, 6.07) is 9.89. The van der Waals surface area contributed by atoms with E-state index in [1.807, 2.05) is 0 Å². The fourth-order valence-corrected chi connectivity index (χ4v) is 2.44. The Morgan fingerprint density at radius 3 is 2.67 bits per heavy atom. The highest BCUT2D eigenvalue weighted by Gasteiger charge is 2.11. The van der Waals surface area contributed by atoms with Crippen molar-refractivity contribution in [3.63, 3.8) is 0 Å². The standard InChI is InChI=1S/C16H12Cl2N4O2/c1-9-6-15(22-24-9)21-16(23)10-4-5-19-14(7-10)20-13-3-2-11(17)8-12(13)18/h2-8H,1H3,(H,19,20)(H,21,22,23). The lowest BCUT2D eigenvalue weighted by Gasteiger charge is -2.09. The van der Waals surface area contributed by atoms with Crippen molar-refractivity contribution in [2.75, 3.05) is 10.6 Å². The van der Waals surface area contributed by atoms with Gasteiger partial charge >= 0.3 is 0 Å². The molecule has 3 aromatic rings. The SMILES string of the molecule is Cc1cc(NC(=O)c2ccnc(Nc3ccc(Cl)cc3Cl)c2)no1. The smallest absolute Gasteiger partial charge is 0.257 e. The second kappa shape index (κ2) is 6.90. The van der Waals surface area contributed by atoms with Crippen LogP contribution in [0.4, 0.5) is 17.3 Å². The van der Waals surface area contributed by atoms with Gasteiger partial charge in [0.2, 0.25) is 0 Å². The van der Waals surface area contributed by atoms with Crippen LogP contribution in [0.15, 0.2) is 47.1 Å². The number of carbonyl (C=O) groups is 1. The Labute approximate surface area is 147 Å². The second-order valence-corrected chi connectivity index (χ2v) is 5.80. The summed E-state index contributed by atoms with van der Waals surface area (Å²) in [7, 11) is 0. The molecule has 3 rings (SSSR count). The lowest BCUT2D eigenvalue weighted by molar-refractivity contribution is 0.102. The molecule has 1 aromatic carbocycles. The maximum atomic E-state index is 12.2. The summed E-state index contributed by atoms with van der Waals surface area (Å²) in [6.07, 6.45) is 1.52. The molecule has 0 aliphatic rings. The molecule has 2 N–H and O–H groups in total. The first-order chi connectivity index (χ1) is 11.5. The monoisotopic (exact) mass is 362 g/mol. The number of benzene rings is 1. The summed E-state index contributed by atoms with van der Waals surface area (Å²) in [5.41, 5.74) is 1.05. The Kier molecular flexibility index (Phi) is 4.69. The van der Waals surface area contributed by atoms with Gasteiger partial charge in [-0.05, 0) is 37.3 Å². The van der Waals surface area contributed by atoms with E-state index >= 15 is 0 Å². The molecule has 0 saturated carbocycles. The van der Waals surface area contributed by atoms with E-state index in [0.717, 1.165) is 0 Å². The van der Waals surface area contributed by atoms with Crippen molar-refractivity contribution in [3.05, 3.63) is 64.0 Å². The molecule has 0 fully saturated rings. The summed E-state index contributed by atoms with van der Waals surface area (Å²) in [4.78, 5) is 16.4. The molecule has 2 aromatic heterocycles. The van der Waals surface area contributed by atoms with E-state index in [1.165, 1.54) is 6.20 Å². The average Bonchev–Trinajstić information content (AvgIpc) is 2.95. The molecule has 24 heavy (non-hydrogen) atoms. The van der Waals surface area contributed by atoms with Crippen LogP contribution in [-0.4, -0.2) is 16.0 Å². The normalized spacial score (nSPS) is 10.5. The third-order valence-corrected chi connectivity index (χ3v) is 3.63. The fourth-order valence-electron chi connectivity index (χ4n) is 1.98. The molecule has 0 radical (unpaired) electrons. The summed E-state index contributed by atoms with van der Waals surface area (Å²) in [5, 5.41) is 10.4. The number of hydrogen-bond donors (Lipinski definition) is 2. The van der Waals surface area contributed by atoms with Crippen LogP contribution in [0.1, 0.15) is 16.1 Å². The molecule has 2 heterocycles. The van der Waals surface area contributed by atoms with Crippen LogP contribution in [0.25, 0.3) is 0 Å². The molecule has 0 aliphatic carbocycles. The van der Waals surface area contributed by atoms with Gasteiger partial charge in [0.05, 0.1) is 10.7 Å². The van der Waals surface area contributed by atoms with E-state index in [2.05, 4.69) is 20.8 Å². The van der Waals surface area contributed by atoms with Crippen LogP contribution >= 0.6 is 23.2 Å². The highest BCUT2D eigenvalue weighted by atomic mass is 35.5. The molecule has 0 aliphatic heterocycles. The number of pyridine rings is 1. The van der Waals surface area contributed by atoms with Gasteiger partial charge < -0.3 is 15.2 Å². The predicted octanol–water partition coefficient (Wildman–Crippen LogP) is 4.68. The van der Waals surface area contributed by atoms with Gasteiger partial charge in [-0.25, -0.2) is 4.98 Å². The fraction of sp³-hybridized carbons (Fsp3) is 0.0625. The number of carbonyl (C=O) groups excluding carboxylic acids is 1. The molecule has 0 bridgehead atoms. The van der Waals surface area contributed by atoms with E-state index < -0.39 is 0 Å². The summed E-state index contributed by atoms with van der Waals surface area (Å²) >= 11 is 12.0. The highest BCUT2D eigenvalue weighted by molar-refractivity contribution is 6.36. The molecular formula is C16H12Cl2N4O2. The van der Waals surface area contributed by atoms with Crippen LogP contribution in [0, 0.1) is 6.92 Å². The maximum absolute atomic E-state index is 12.2. The zero-order valence-electron chi connectivity index (χ0n) is 12.5. The van der Waals surface area contributed by atoms with Gasteiger partial charge in [0.15, 0.2) is 5.82 Å². The van der Waals surface area contributed by atoms with Crippen molar-refractivity contribution >= 4 is 46.4 Å². The van der Waals surface area contributed by atoms with E-state index in [0.29, 0.717) is 38.7 Å². The highest BCUT2D eigenvalue weighted by Crippen LogP contribution is 2.27. The number of halogens is 2. The van der Waals surface area contributed by atoms with Crippen LogP contribution in [0.5, 0.6) is 0 Å². The van der Waals surface area contributed by atoms with Crippen molar-refractivity contribution in [1.29, 1.82) is 0 Å². The largest absolute Gasteiger partial charge is 0.360 e. The van der Waals surface area contributed by atoms with Gasteiger partial charge in [0.1, 0.15) is 11.6 Å². The number of hydrogen-bond acceptors (Lipinski definition) is 5. The van der Waals surface area contributed by atoms with Crippen molar-refractivity contribution in [3.8, 4) is 0 Å². The van der Waals surface area contributed by atoms with E-state index in [-0.39, 0.29) is 5.91 Å². The van der Waals surface area contributed by atoms with Gasteiger partial charge in [-0.3, -0.25) is 4.79 Å². The Balaban J connectivity index is 1.77. The first-order valence-electron chi connectivity index (χ1n) is 6.94. The molecule has 6 nitrogen and oxygen atoms in total. The topological polar surface area (TPSA) is 80.0 Å². The number of aromatic nitrogens is 2. The lowest BCUT2D eigenvalue weighted by atomic mass is 10.2. The van der Waals surface area contributed by atoms with E-state index in [9.17, 15) is 4.79 Å². The number of amides is 1. The molecule has 0 saturated heterocycles. The molecule has 0 atom stereocenters. The number of nitrogens with one attached hydrogen (secondary N) is 2. The van der Waals surface area contributed by atoms with Crippen LogP contribution in [-0.2, 0) is 0 Å². The zero-order valence-corrected chi connectivity index (χ0v) is 14.0. The van der Waals surface area contributed by atoms with Gasteiger partial charge in [-0.2, -0.15) is 0 Å². The average molecular weight is 363 g/mol. The van der Waals surface area contributed by atoms with E-state index in [4.69, 9.17) is 27.7 Å². The third-order valence-electron chi connectivity index (χ3n) is 3.09. The minimum atomic E-state index is -0.323. The number of nitrogens with zero attached hydrogens (tertiary/aromatic N) is 2. The zero-order chi connectivity index (χ0) is 17.1. The van der Waals surface area contributed by atoms with Crippen LogP contribution < -0.4 is 10.6 Å². The predicted molar refractivity (Wildman–Crippen MR) is 93.2 cm³/mol. The number of rotatable bonds is 4. The Morgan fingerprint density at radius 1 is 1.12 bits per heavy atom. The molecular weight excluding hydrogens is 351 g/mol.